The number of nitrogens with one attached hydrogen (secondary N) is 1. The molecule has 1 heterocycles. The van der Waals surface area contributed by atoms with Crippen LogP contribution in [0.4, 0.5) is 5.00 Å². The van der Waals surface area contributed by atoms with E-state index in [-0.39, 0.29) is 12.5 Å². The zero-order valence-electron chi connectivity index (χ0n) is 16.0. The number of thiophene rings is 1. The van der Waals surface area contributed by atoms with E-state index in [1.165, 1.54) is 11.3 Å². The fraction of sp³-hybridized carbons (Fsp3) is 0.182. The summed E-state index contributed by atoms with van der Waals surface area (Å²) in [5, 5.41) is 5.15. The van der Waals surface area contributed by atoms with Gasteiger partial charge in [-0.15, -0.1) is 11.3 Å². The third-order valence-corrected chi connectivity index (χ3v) is 5.45. The van der Waals surface area contributed by atoms with E-state index >= 15 is 0 Å². The SMILES string of the molecule is CCOC(=O)c1c(-c2ccc(OCC)cc2)csc1NC(=O)c1cccc(Br)c1. The Morgan fingerprint density at radius 2 is 1.83 bits per heavy atom. The van der Waals surface area contributed by atoms with Crippen LogP contribution >= 0.6 is 27.3 Å². The van der Waals surface area contributed by atoms with Gasteiger partial charge in [0.15, 0.2) is 0 Å². The fourth-order valence-electron chi connectivity index (χ4n) is 2.77. The number of anilines is 1. The van der Waals surface area contributed by atoms with E-state index in [1.807, 2.05) is 42.6 Å². The number of hydrogen-bond donors (Lipinski definition) is 1. The quantitative estimate of drug-likeness (QED) is 0.427. The van der Waals surface area contributed by atoms with Crippen molar-refractivity contribution in [1.82, 2.24) is 0 Å². The maximum atomic E-state index is 12.7. The van der Waals surface area contributed by atoms with Gasteiger partial charge < -0.3 is 14.8 Å². The number of carbonyl (C=O) groups is 2. The summed E-state index contributed by atoms with van der Waals surface area (Å²) in [5.74, 6) is -0.00790. The Bertz CT molecular complexity index is 1010. The summed E-state index contributed by atoms with van der Waals surface area (Å²) in [5.41, 5.74) is 2.39. The number of halogens is 1. The maximum Gasteiger partial charge on any atom is 0.341 e. The van der Waals surface area contributed by atoms with Gasteiger partial charge in [0.25, 0.3) is 5.91 Å². The number of esters is 1. The maximum absolute atomic E-state index is 12.7. The molecule has 0 saturated heterocycles. The summed E-state index contributed by atoms with van der Waals surface area (Å²) >= 11 is 4.66. The first-order chi connectivity index (χ1) is 14.0. The van der Waals surface area contributed by atoms with E-state index in [1.54, 1.807) is 25.1 Å². The number of benzene rings is 2. The predicted molar refractivity (Wildman–Crippen MR) is 119 cm³/mol. The Hall–Kier alpha value is -2.64. The molecule has 7 heteroatoms. The number of amides is 1. The molecular formula is C22H20BrNO4S. The number of carbonyl (C=O) groups excluding carboxylic acids is 2. The van der Waals surface area contributed by atoms with Crippen molar-refractivity contribution in [3.63, 3.8) is 0 Å². The van der Waals surface area contributed by atoms with Crippen LogP contribution in [0.5, 0.6) is 5.75 Å². The highest BCUT2D eigenvalue weighted by atomic mass is 79.9. The number of hydrogen-bond acceptors (Lipinski definition) is 5. The molecule has 1 amide bonds. The molecule has 0 aliphatic carbocycles. The van der Waals surface area contributed by atoms with Crippen molar-refractivity contribution in [2.45, 2.75) is 13.8 Å². The van der Waals surface area contributed by atoms with Gasteiger partial charge in [0, 0.05) is 21.0 Å². The van der Waals surface area contributed by atoms with Crippen LogP contribution in [-0.2, 0) is 4.74 Å². The summed E-state index contributed by atoms with van der Waals surface area (Å²) in [7, 11) is 0. The van der Waals surface area contributed by atoms with Crippen molar-refractivity contribution >= 4 is 44.1 Å². The van der Waals surface area contributed by atoms with E-state index in [2.05, 4.69) is 21.2 Å². The molecule has 0 radical (unpaired) electrons. The van der Waals surface area contributed by atoms with Crippen LogP contribution in [0.2, 0.25) is 0 Å². The zero-order chi connectivity index (χ0) is 20.8. The van der Waals surface area contributed by atoms with Crippen LogP contribution in [0.15, 0.2) is 58.4 Å². The monoisotopic (exact) mass is 473 g/mol. The highest BCUT2D eigenvalue weighted by Gasteiger charge is 2.23. The van der Waals surface area contributed by atoms with Gasteiger partial charge in [-0.25, -0.2) is 4.79 Å². The van der Waals surface area contributed by atoms with Crippen molar-refractivity contribution in [3.05, 3.63) is 69.5 Å². The first kappa shape index (κ1) is 21.1. The van der Waals surface area contributed by atoms with Crippen molar-refractivity contribution < 1.29 is 19.1 Å². The lowest BCUT2D eigenvalue weighted by atomic mass is 10.0. The Morgan fingerprint density at radius 1 is 1.07 bits per heavy atom. The van der Waals surface area contributed by atoms with Crippen LogP contribution < -0.4 is 10.1 Å². The molecule has 0 bridgehead atoms. The van der Waals surface area contributed by atoms with E-state index in [0.29, 0.717) is 28.3 Å². The molecule has 0 aliphatic rings. The van der Waals surface area contributed by atoms with Gasteiger partial charge in [-0.05, 0) is 49.7 Å². The van der Waals surface area contributed by atoms with Crippen molar-refractivity contribution in [3.8, 4) is 16.9 Å². The minimum Gasteiger partial charge on any atom is -0.494 e. The largest absolute Gasteiger partial charge is 0.494 e. The standard InChI is InChI=1S/C22H20BrNO4S/c1-3-27-17-10-8-14(9-11-17)18-13-29-21(19(18)22(26)28-4-2)24-20(25)15-6-5-7-16(23)12-15/h5-13H,3-4H2,1-2H3,(H,24,25). The first-order valence-electron chi connectivity index (χ1n) is 9.12. The highest BCUT2D eigenvalue weighted by Crippen LogP contribution is 2.37. The minimum atomic E-state index is -0.470. The molecule has 5 nitrogen and oxygen atoms in total. The molecule has 1 N–H and O–H groups in total. The molecule has 3 aromatic rings. The second-order valence-electron chi connectivity index (χ2n) is 6.00. The molecule has 1 aromatic heterocycles. The topological polar surface area (TPSA) is 64.6 Å². The molecule has 0 fully saturated rings. The van der Waals surface area contributed by atoms with Gasteiger partial charge in [-0.1, -0.05) is 34.1 Å². The van der Waals surface area contributed by atoms with Gasteiger partial charge >= 0.3 is 5.97 Å². The summed E-state index contributed by atoms with van der Waals surface area (Å²) in [6, 6.07) is 14.5. The Labute approximate surface area is 181 Å². The van der Waals surface area contributed by atoms with Crippen molar-refractivity contribution in [1.29, 1.82) is 0 Å². The van der Waals surface area contributed by atoms with Crippen LogP contribution in [-0.4, -0.2) is 25.1 Å². The average molecular weight is 474 g/mol. The molecular weight excluding hydrogens is 454 g/mol. The van der Waals surface area contributed by atoms with Crippen LogP contribution in [0.25, 0.3) is 11.1 Å². The van der Waals surface area contributed by atoms with E-state index in [9.17, 15) is 9.59 Å². The lowest BCUT2D eigenvalue weighted by Crippen LogP contribution is -2.14. The molecule has 2 aromatic carbocycles. The molecule has 0 saturated carbocycles. The first-order valence-corrected chi connectivity index (χ1v) is 10.8. The van der Waals surface area contributed by atoms with Crippen molar-refractivity contribution in [2.75, 3.05) is 18.5 Å². The van der Waals surface area contributed by atoms with Crippen molar-refractivity contribution in [2.24, 2.45) is 0 Å². The fourth-order valence-corrected chi connectivity index (χ4v) is 4.12. The smallest absolute Gasteiger partial charge is 0.341 e. The Morgan fingerprint density at radius 3 is 2.48 bits per heavy atom. The van der Waals surface area contributed by atoms with Crippen LogP contribution in [0.3, 0.4) is 0 Å². The lowest BCUT2D eigenvalue weighted by Gasteiger charge is -2.10. The molecule has 150 valence electrons. The lowest BCUT2D eigenvalue weighted by molar-refractivity contribution is 0.0529. The third-order valence-electron chi connectivity index (χ3n) is 4.06. The predicted octanol–water partition coefficient (Wildman–Crippen LogP) is 6.01. The van der Waals surface area contributed by atoms with Gasteiger partial charge in [-0.3, -0.25) is 4.79 Å². The Kier molecular flexibility index (Phi) is 7.06. The highest BCUT2D eigenvalue weighted by molar-refractivity contribution is 9.10. The van der Waals surface area contributed by atoms with Crippen LogP contribution in [0, 0.1) is 0 Å². The summed E-state index contributed by atoms with van der Waals surface area (Å²) in [6.07, 6.45) is 0. The van der Waals surface area contributed by atoms with E-state index in [4.69, 9.17) is 9.47 Å². The molecule has 29 heavy (non-hydrogen) atoms. The number of rotatable bonds is 7. The summed E-state index contributed by atoms with van der Waals surface area (Å²) < 4.78 is 11.5. The van der Waals surface area contributed by atoms with Gasteiger partial charge in [-0.2, -0.15) is 0 Å². The molecule has 0 spiro atoms. The summed E-state index contributed by atoms with van der Waals surface area (Å²) in [4.78, 5) is 25.3. The van der Waals surface area contributed by atoms with Crippen LogP contribution in [0.1, 0.15) is 34.6 Å². The molecule has 0 atom stereocenters. The zero-order valence-corrected chi connectivity index (χ0v) is 18.4. The molecule has 0 unspecified atom stereocenters. The van der Waals surface area contributed by atoms with E-state index < -0.39 is 5.97 Å². The Balaban J connectivity index is 1.95. The average Bonchev–Trinajstić information content (AvgIpc) is 3.12. The third kappa shape index (κ3) is 5.05. The second-order valence-corrected chi connectivity index (χ2v) is 7.79. The number of ether oxygens (including phenoxy) is 2. The van der Waals surface area contributed by atoms with Gasteiger partial charge in [0.05, 0.1) is 13.2 Å². The normalized spacial score (nSPS) is 10.4. The van der Waals surface area contributed by atoms with E-state index in [0.717, 1.165) is 15.8 Å². The molecule has 0 aliphatic heterocycles. The molecule has 3 rings (SSSR count). The second kappa shape index (κ2) is 9.71. The van der Waals surface area contributed by atoms with Gasteiger partial charge in [0.2, 0.25) is 0 Å². The van der Waals surface area contributed by atoms with Gasteiger partial charge in [0.1, 0.15) is 16.3 Å². The summed E-state index contributed by atoms with van der Waals surface area (Å²) in [6.45, 7) is 4.50. The minimum absolute atomic E-state index is 0.246.